The van der Waals surface area contributed by atoms with E-state index in [1.54, 1.807) is 0 Å². The summed E-state index contributed by atoms with van der Waals surface area (Å²) in [6.45, 7) is 2.14. The Balaban J connectivity index is 1.68. The molecule has 2 N–H and O–H groups in total. The third-order valence-corrected chi connectivity index (χ3v) is 3.57. The molecule has 0 unspecified atom stereocenters. The fourth-order valence-electron chi connectivity index (χ4n) is 2.37. The number of carboxylic acids is 1. The lowest BCUT2D eigenvalue weighted by atomic mass is 10.1. The van der Waals surface area contributed by atoms with Gasteiger partial charge in [0, 0.05) is 6.04 Å². The maximum atomic E-state index is 12.0. The highest BCUT2D eigenvalue weighted by atomic mass is 16.5. The molecule has 6 nitrogen and oxygen atoms in total. The van der Waals surface area contributed by atoms with Gasteiger partial charge in [-0.2, -0.15) is 0 Å². The molecule has 2 rings (SSSR count). The topological polar surface area (TPSA) is 78.9 Å². The van der Waals surface area contributed by atoms with Crippen molar-refractivity contribution in [2.24, 2.45) is 0 Å². The highest BCUT2D eigenvalue weighted by Gasteiger charge is 2.33. The third-order valence-electron chi connectivity index (χ3n) is 3.57. The van der Waals surface area contributed by atoms with E-state index in [2.05, 4.69) is 5.32 Å². The zero-order valence-corrected chi connectivity index (χ0v) is 11.1. The highest BCUT2D eigenvalue weighted by molar-refractivity contribution is 5.82. The second-order valence-electron chi connectivity index (χ2n) is 5.22. The van der Waals surface area contributed by atoms with Crippen molar-refractivity contribution in [3.63, 3.8) is 0 Å². The van der Waals surface area contributed by atoms with Crippen LogP contribution >= 0.6 is 0 Å². The summed E-state index contributed by atoms with van der Waals surface area (Å²) in [5, 5.41) is 12.1. The summed E-state index contributed by atoms with van der Waals surface area (Å²) in [6, 6.07) is 0.141. The monoisotopic (exact) mass is 270 g/mol. The highest BCUT2D eigenvalue weighted by Crippen LogP contribution is 2.27. The van der Waals surface area contributed by atoms with Crippen molar-refractivity contribution in [1.82, 2.24) is 10.2 Å². The van der Waals surface area contributed by atoms with E-state index in [1.807, 2.05) is 0 Å². The summed E-state index contributed by atoms with van der Waals surface area (Å²) < 4.78 is 5.67. The van der Waals surface area contributed by atoms with Crippen LogP contribution < -0.4 is 5.32 Å². The standard InChI is InChI=1S/C13H22N2O4/c16-12(15(9-13(17)18)10-1-2-10)5-8-19-11-3-6-14-7-4-11/h10-11,14H,1-9H2,(H,17,18). The van der Waals surface area contributed by atoms with Gasteiger partial charge in [-0.15, -0.1) is 0 Å². The third kappa shape index (κ3) is 4.80. The molecule has 0 aromatic rings. The van der Waals surface area contributed by atoms with E-state index in [0.29, 0.717) is 6.61 Å². The van der Waals surface area contributed by atoms with Crippen LogP contribution in [0.2, 0.25) is 0 Å². The Labute approximate surface area is 113 Å². The fraction of sp³-hybridized carbons (Fsp3) is 0.846. The molecule has 2 fully saturated rings. The van der Waals surface area contributed by atoms with E-state index in [9.17, 15) is 9.59 Å². The molecule has 19 heavy (non-hydrogen) atoms. The largest absolute Gasteiger partial charge is 0.480 e. The van der Waals surface area contributed by atoms with Crippen molar-refractivity contribution in [2.45, 2.75) is 44.2 Å². The molecule has 0 aromatic heterocycles. The molecule has 0 aromatic carbocycles. The first-order chi connectivity index (χ1) is 9.16. The lowest BCUT2D eigenvalue weighted by Crippen LogP contribution is -2.38. The second-order valence-corrected chi connectivity index (χ2v) is 5.22. The summed E-state index contributed by atoms with van der Waals surface area (Å²) in [6.07, 6.45) is 4.34. The minimum Gasteiger partial charge on any atom is -0.480 e. The predicted octanol–water partition coefficient (Wildman–Crippen LogP) is 0.221. The molecule has 1 heterocycles. The van der Waals surface area contributed by atoms with Gasteiger partial charge in [-0.1, -0.05) is 0 Å². The van der Waals surface area contributed by atoms with Crippen LogP contribution in [-0.4, -0.2) is 60.3 Å². The Morgan fingerprint density at radius 1 is 1.21 bits per heavy atom. The van der Waals surface area contributed by atoms with Crippen molar-refractivity contribution in [2.75, 3.05) is 26.2 Å². The molecule has 1 saturated heterocycles. The number of nitrogens with zero attached hydrogens (tertiary/aromatic N) is 1. The molecule has 1 aliphatic carbocycles. The van der Waals surface area contributed by atoms with Crippen LogP contribution in [0.15, 0.2) is 0 Å². The first-order valence-corrected chi connectivity index (χ1v) is 7.00. The summed E-state index contributed by atoms with van der Waals surface area (Å²) in [5.74, 6) is -1.04. The number of rotatable bonds is 7. The van der Waals surface area contributed by atoms with Crippen molar-refractivity contribution < 1.29 is 19.4 Å². The number of carbonyl (C=O) groups is 2. The van der Waals surface area contributed by atoms with Gasteiger partial charge in [0.25, 0.3) is 0 Å². The Hall–Kier alpha value is -1.14. The van der Waals surface area contributed by atoms with Crippen LogP contribution in [0, 0.1) is 0 Å². The maximum Gasteiger partial charge on any atom is 0.323 e. The molecule has 0 spiro atoms. The van der Waals surface area contributed by atoms with Gasteiger partial charge in [0.05, 0.1) is 19.1 Å². The van der Waals surface area contributed by atoms with Crippen molar-refractivity contribution in [3.05, 3.63) is 0 Å². The first kappa shape index (κ1) is 14.3. The number of nitrogens with one attached hydrogen (secondary N) is 1. The van der Waals surface area contributed by atoms with E-state index in [-0.39, 0.29) is 31.0 Å². The Morgan fingerprint density at radius 2 is 1.89 bits per heavy atom. The molecule has 108 valence electrons. The molecule has 2 aliphatic rings. The van der Waals surface area contributed by atoms with Crippen molar-refractivity contribution in [1.29, 1.82) is 0 Å². The first-order valence-electron chi connectivity index (χ1n) is 7.00. The number of hydrogen-bond donors (Lipinski definition) is 2. The van der Waals surface area contributed by atoms with Crippen LogP contribution in [0.1, 0.15) is 32.1 Å². The lowest BCUT2D eigenvalue weighted by molar-refractivity contribution is -0.145. The molecule has 1 aliphatic heterocycles. The van der Waals surface area contributed by atoms with E-state index in [0.717, 1.165) is 38.8 Å². The zero-order valence-electron chi connectivity index (χ0n) is 11.1. The van der Waals surface area contributed by atoms with Crippen molar-refractivity contribution in [3.8, 4) is 0 Å². The van der Waals surface area contributed by atoms with Gasteiger partial charge in [0.15, 0.2) is 0 Å². The SMILES string of the molecule is O=C(O)CN(C(=O)CCOC1CCNCC1)C1CC1. The molecule has 1 saturated carbocycles. The maximum absolute atomic E-state index is 12.0. The molecule has 0 atom stereocenters. The molecular formula is C13H22N2O4. The fourth-order valence-corrected chi connectivity index (χ4v) is 2.37. The average molecular weight is 270 g/mol. The van der Waals surface area contributed by atoms with Gasteiger partial charge in [-0.3, -0.25) is 9.59 Å². The number of carbonyl (C=O) groups excluding carboxylic acids is 1. The number of piperidine rings is 1. The van der Waals surface area contributed by atoms with Gasteiger partial charge < -0.3 is 20.1 Å². The Bertz CT molecular complexity index is 325. The summed E-state index contributed by atoms with van der Waals surface area (Å²) in [5.41, 5.74) is 0. The van der Waals surface area contributed by atoms with Gasteiger partial charge >= 0.3 is 5.97 Å². The normalized spacial score (nSPS) is 20.2. The smallest absolute Gasteiger partial charge is 0.323 e. The number of amides is 1. The Morgan fingerprint density at radius 3 is 2.47 bits per heavy atom. The van der Waals surface area contributed by atoms with Crippen LogP contribution in [0.25, 0.3) is 0 Å². The van der Waals surface area contributed by atoms with E-state index in [1.165, 1.54) is 4.90 Å². The lowest BCUT2D eigenvalue weighted by Gasteiger charge is -2.24. The number of hydrogen-bond acceptors (Lipinski definition) is 4. The minimum atomic E-state index is -0.945. The summed E-state index contributed by atoms with van der Waals surface area (Å²) in [7, 11) is 0. The summed E-state index contributed by atoms with van der Waals surface area (Å²) in [4.78, 5) is 24.2. The molecule has 0 radical (unpaired) electrons. The molecular weight excluding hydrogens is 248 g/mol. The predicted molar refractivity (Wildman–Crippen MR) is 68.8 cm³/mol. The number of ether oxygens (including phenoxy) is 1. The van der Waals surface area contributed by atoms with E-state index >= 15 is 0 Å². The van der Waals surface area contributed by atoms with Gasteiger partial charge in [-0.25, -0.2) is 0 Å². The second kappa shape index (κ2) is 6.86. The van der Waals surface area contributed by atoms with Crippen LogP contribution in [-0.2, 0) is 14.3 Å². The van der Waals surface area contributed by atoms with Crippen LogP contribution in [0.3, 0.4) is 0 Å². The Kier molecular flexibility index (Phi) is 5.15. The van der Waals surface area contributed by atoms with Crippen LogP contribution in [0.4, 0.5) is 0 Å². The molecule has 6 heteroatoms. The van der Waals surface area contributed by atoms with Gasteiger partial charge in [-0.05, 0) is 38.8 Å². The molecule has 1 amide bonds. The van der Waals surface area contributed by atoms with Crippen LogP contribution in [0.5, 0.6) is 0 Å². The van der Waals surface area contributed by atoms with Gasteiger partial charge in [0.2, 0.25) is 5.91 Å². The van der Waals surface area contributed by atoms with E-state index in [4.69, 9.17) is 9.84 Å². The summed E-state index contributed by atoms with van der Waals surface area (Å²) >= 11 is 0. The molecule has 0 bridgehead atoms. The zero-order chi connectivity index (χ0) is 13.7. The van der Waals surface area contributed by atoms with Crippen molar-refractivity contribution >= 4 is 11.9 Å². The minimum absolute atomic E-state index is 0.0983. The van der Waals surface area contributed by atoms with E-state index < -0.39 is 5.97 Å². The number of carboxylic acid groups (broad SMARTS) is 1. The van der Waals surface area contributed by atoms with Gasteiger partial charge in [0.1, 0.15) is 6.54 Å². The number of aliphatic carboxylic acids is 1. The quantitative estimate of drug-likeness (QED) is 0.692. The average Bonchev–Trinajstić information content (AvgIpc) is 3.21.